The Morgan fingerprint density at radius 1 is 1.50 bits per heavy atom. The lowest BCUT2D eigenvalue weighted by Crippen LogP contribution is -2.44. The van der Waals surface area contributed by atoms with Crippen LogP contribution in [0.2, 0.25) is 0 Å². The normalized spacial score (nSPS) is 25.4. The summed E-state index contributed by atoms with van der Waals surface area (Å²) in [6.07, 6.45) is 7.65. The highest BCUT2D eigenvalue weighted by Crippen LogP contribution is 2.18. The van der Waals surface area contributed by atoms with Gasteiger partial charge in [-0.15, -0.1) is 0 Å². The van der Waals surface area contributed by atoms with Crippen LogP contribution in [0.3, 0.4) is 0 Å². The second kappa shape index (κ2) is 4.65. The molecule has 1 saturated carbocycles. The van der Waals surface area contributed by atoms with Crippen molar-refractivity contribution in [2.45, 2.75) is 37.8 Å². The molecule has 88 valence electrons. The summed E-state index contributed by atoms with van der Waals surface area (Å²) in [6, 6.07) is 0.303. The molecular weight excluding hydrogens is 204 g/mol. The molecular formula is C11H18N4O. The number of nitrogens with two attached hydrogens (primary N) is 1. The van der Waals surface area contributed by atoms with Crippen molar-refractivity contribution in [3.63, 3.8) is 0 Å². The molecule has 2 unspecified atom stereocenters. The van der Waals surface area contributed by atoms with Crippen LogP contribution in [0.1, 0.15) is 25.7 Å². The quantitative estimate of drug-likeness (QED) is 0.762. The summed E-state index contributed by atoms with van der Waals surface area (Å²) in [4.78, 5) is 15.8. The van der Waals surface area contributed by atoms with Gasteiger partial charge in [-0.05, 0) is 12.8 Å². The van der Waals surface area contributed by atoms with Crippen LogP contribution in [0.15, 0.2) is 17.2 Å². The van der Waals surface area contributed by atoms with Crippen molar-refractivity contribution in [3.8, 4) is 0 Å². The molecule has 1 aromatic rings. The van der Waals surface area contributed by atoms with E-state index in [1.54, 1.807) is 19.4 Å². The molecule has 5 heteroatoms. The number of hydrogen-bond donors (Lipinski definition) is 2. The second-order valence-corrected chi connectivity index (χ2v) is 4.39. The maximum Gasteiger partial charge on any atom is 0.293 e. The summed E-state index contributed by atoms with van der Waals surface area (Å²) >= 11 is 0. The van der Waals surface area contributed by atoms with Crippen molar-refractivity contribution in [1.29, 1.82) is 0 Å². The molecule has 0 amide bonds. The van der Waals surface area contributed by atoms with E-state index >= 15 is 0 Å². The molecule has 0 aromatic carbocycles. The van der Waals surface area contributed by atoms with Crippen LogP contribution in [-0.4, -0.2) is 21.6 Å². The molecule has 1 aromatic heterocycles. The Hall–Kier alpha value is -1.36. The SMILES string of the molecule is Cn1ccnc(NC2CCCCC2N)c1=O. The minimum Gasteiger partial charge on any atom is -0.361 e. The number of anilines is 1. The van der Waals surface area contributed by atoms with Gasteiger partial charge in [0.1, 0.15) is 0 Å². The molecule has 1 fully saturated rings. The van der Waals surface area contributed by atoms with Crippen LogP contribution in [0.5, 0.6) is 0 Å². The van der Waals surface area contributed by atoms with E-state index in [2.05, 4.69) is 10.3 Å². The highest BCUT2D eigenvalue weighted by atomic mass is 16.1. The lowest BCUT2D eigenvalue weighted by molar-refractivity contribution is 0.403. The van der Waals surface area contributed by atoms with Crippen molar-refractivity contribution in [1.82, 2.24) is 9.55 Å². The van der Waals surface area contributed by atoms with Gasteiger partial charge in [-0.25, -0.2) is 4.98 Å². The standard InChI is InChI=1S/C11H18N4O/c1-15-7-6-13-10(11(15)16)14-9-5-3-2-4-8(9)12/h6-9H,2-5,12H2,1H3,(H,13,14). The molecule has 0 aliphatic heterocycles. The van der Waals surface area contributed by atoms with Gasteiger partial charge in [0.25, 0.3) is 5.56 Å². The smallest absolute Gasteiger partial charge is 0.293 e. The van der Waals surface area contributed by atoms with Gasteiger partial charge in [0, 0.05) is 31.5 Å². The molecule has 2 rings (SSSR count). The Morgan fingerprint density at radius 3 is 3.00 bits per heavy atom. The Kier molecular flexibility index (Phi) is 3.24. The fraction of sp³-hybridized carbons (Fsp3) is 0.636. The number of nitrogens with one attached hydrogen (secondary N) is 1. The minimum atomic E-state index is -0.0970. The molecule has 0 bridgehead atoms. The van der Waals surface area contributed by atoms with E-state index in [1.165, 1.54) is 17.4 Å². The summed E-state index contributed by atoms with van der Waals surface area (Å²) < 4.78 is 1.52. The highest BCUT2D eigenvalue weighted by Gasteiger charge is 2.22. The number of aromatic nitrogens is 2. The maximum atomic E-state index is 11.7. The Bertz CT molecular complexity index is 415. The van der Waals surface area contributed by atoms with Gasteiger partial charge in [-0.1, -0.05) is 12.8 Å². The molecule has 2 atom stereocenters. The van der Waals surface area contributed by atoms with Gasteiger partial charge in [-0.2, -0.15) is 0 Å². The van der Waals surface area contributed by atoms with Crippen molar-refractivity contribution in [2.75, 3.05) is 5.32 Å². The van der Waals surface area contributed by atoms with Gasteiger partial charge in [-0.3, -0.25) is 4.79 Å². The molecule has 0 spiro atoms. The number of nitrogens with zero attached hydrogens (tertiary/aromatic N) is 2. The molecule has 3 N–H and O–H groups in total. The topological polar surface area (TPSA) is 72.9 Å². The highest BCUT2D eigenvalue weighted by molar-refractivity contribution is 5.33. The molecule has 16 heavy (non-hydrogen) atoms. The zero-order valence-electron chi connectivity index (χ0n) is 9.52. The van der Waals surface area contributed by atoms with Crippen molar-refractivity contribution >= 4 is 5.82 Å². The Morgan fingerprint density at radius 2 is 2.25 bits per heavy atom. The van der Waals surface area contributed by atoms with E-state index in [0.717, 1.165) is 12.8 Å². The van der Waals surface area contributed by atoms with Gasteiger partial charge < -0.3 is 15.6 Å². The predicted octanol–water partition coefficient (Wildman–Crippen LogP) is 0.462. The van der Waals surface area contributed by atoms with Crippen molar-refractivity contribution < 1.29 is 0 Å². The van der Waals surface area contributed by atoms with E-state index in [-0.39, 0.29) is 17.6 Å². The molecule has 1 aliphatic rings. The molecule has 5 nitrogen and oxygen atoms in total. The van der Waals surface area contributed by atoms with Crippen molar-refractivity contribution in [3.05, 3.63) is 22.7 Å². The van der Waals surface area contributed by atoms with Crippen LogP contribution in [-0.2, 0) is 7.05 Å². The zero-order chi connectivity index (χ0) is 11.5. The average molecular weight is 222 g/mol. The van der Waals surface area contributed by atoms with Crippen molar-refractivity contribution in [2.24, 2.45) is 12.8 Å². The zero-order valence-corrected chi connectivity index (χ0v) is 9.52. The van der Waals surface area contributed by atoms with E-state index in [4.69, 9.17) is 5.73 Å². The summed E-state index contributed by atoms with van der Waals surface area (Å²) in [6.45, 7) is 0. The fourth-order valence-electron chi connectivity index (χ4n) is 2.11. The largest absolute Gasteiger partial charge is 0.361 e. The first-order valence-corrected chi connectivity index (χ1v) is 5.72. The van der Waals surface area contributed by atoms with E-state index in [1.807, 2.05) is 0 Å². The lowest BCUT2D eigenvalue weighted by atomic mass is 9.91. The number of rotatable bonds is 2. The maximum absolute atomic E-state index is 11.7. The summed E-state index contributed by atoms with van der Waals surface area (Å²) in [5.74, 6) is 0.410. The number of aryl methyl sites for hydroxylation is 1. The third kappa shape index (κ3) is 2.24. The van der Waals surface area contributed by atoms with Crippen LogP contribution >= 0.6 is 0 Å². The lowest BCUT2D eigenvalue weighted by Gasteiger charge is -2.29. The first-order chi connectivity index (χ1) is 7.68. The third-order valence-electron chi connectivity index (χ3n) is 3.16. The Labute approximate surface area is 94.7 Å². The van der Waals surface area contributed by atoms with Crippen LogP contribution in [0, 0.1) is 0 Å². The van der Waals surface area contributed by atoms with E-state index in [9.17, 15) is 4.79 Å². The first-order valence-electron chi connectivity index (χ1n) is 5.72. The third-order valence-corrected chi connectivity index (χ3v) is 3.16. The summed E-state index contributed by atoms with van der Waals surface area (Å²) in [5, 5.41) is 3.17. The Balaban J connectivity index is 2.14. The second-order valence-electron chi connectivity index (χ2n) is 4.39. The summed E-state index contributed by atoms with van der Waals surface area (Å²) in [5.41, 5.74) is 5.92. The summed E-state index contributed by atoms with van der Waals surface area (Å²) in [7, 11) is 1.72. The minimum absolute atomic E-state index is 0.0970. The average Bonchev–Trinajstić information content (AvgIpc) is 2.28. The van der Waals surface area contributed by atoms with Gasteiger partial charge in [0.2, 0.25) is 0 Å². The molecule has 1 aliphatic carbocycles. The molecule has 0 saturated heterocycles. The number of hydrogen-bond acceptors (Lipinski definition) is 4. The first kappa shape index (κ1) is 11.1. The predicted molar refractivity (Wildman–Crippen MR) is 63.3 cm³/mol. The van der Waals surface area contributed by atoms with Crippen LogP contribution < -0.4 is 16.6 Å². The van der Waals surface area contributed by atoms with Gasteiger partial charge in [0.15, 0.2) is 5.82 Å². The van der Waals surface area contributed by atoms with Crippen LogP contribution in [0.4, 0.5) is 5.82 Å². The molecule has 0 radical (unpaired) electrons. The van der Waals surface area contributed by atoms with E-state index in [0.29, 0.717) is 5.82 Å². The molecule has 1 heterocycles. The van der Waals surface area contributed by atoms with Gasteiger partial charge in [0.05, 0.1) is 0 Å². The van der Waals surface area contributed by atoms with E-state index < -0.39 is 0 Å². The van der Waals surface area contributed by atoms with Crippen LogP contribution in [0.25, 0.3) is 0 Å². The van der Waals surface area contributed by atoms with Gasteiger partial charge >= 0.3 is 0 Å². The monoisotopic (exact) mass is 222 g/mol. The fourth-order valence-corrected chi connectivity index (χ4v) is 2.11.